The lowest BCUT2D eigenvalue weighted by Gasteiger charge is -2.38. The molecule has 5 rings (SSSR count). The number of likely N-dealkylation sites (N-methyl/N-ethyl adjacent to an activating group) is 1. The van der Waals surface area contributed by atoms with Gasteiger partial charge in [-0.2, -0.15) is 0 Å². The average Bonchev–Trinajstić information content (AvgIpc) is 3.40. The van der Waals surface area contributed by atoms with Crippen LogP contribution < -0.4 is 10.1 Å². The van der Waals surface area contributed by atoms with E-state index in [0.717, 1.165) is 50.8 Å². The molecule has 3 saturated heterocycles. The highest BCUT2D eigenvalue weighted by atomic mass is 16.5. The molecular formula is C25H32N4O5. The van der Waals surface area contributed by atoms with Crippen LogP contribution in [0.4, 0.5) is 0 Å². The quantitative estimate of drug-likeness (QED) is 0.654. The molecule has 3 fully saturated rings. The van der Waals surface area contributed by atoms with Crippen molar-refractivity contribution in [3.8, 4) is 5.75 Å². The fourth-order valence-corrected chi connectivity index (χ4v) is 5.71. The lowest BCUT2D eigenvalue weighted by molar-refractivity contribution is -0.140. The van der Waals surface area contributed by atoms with E-state index in [1.165, 1.54) is 4.90 Å². The van der Waals surface area contributed by atoms with Crippen molar-refractivity contribution >= 4 is 23.6 Å². The summed E-state index contributed by atoms with van der Waals surface area (Å²) in [5.74, 6) is -0.0269. The molecule has 1 N–H and O–H groups in total. The molecule has 1 aromatic carbocycles. The minimum atomic E-state index is -0.627. The Hall–Kier alpha value is -2.94. The van der Waals surface area contributed by atoms with E-state index in [4.69, 9.17) is 4.74 Å². The monoisotopic (exact) mass is 468 g/mol. The van der Waals surface area contributed by atoms with Crippen LogP contribution in [0.15, 0.2) is 18.2 Å². The number of fused-ring (bicyclic) bond motifs is 1. The molecule has 9 nitrogen and oxygen atoms in total. The van der Waals surface area contributed by atoms with E-state index in [0.29, 0.717) is 30.9 Å². The Morgan fingerprint density at radius 2 is 1.94 bits per heavy atom. The molecule has 34 heavy (non-hydrogen) atoms. The zero-order valence-corrected chi connectivity index (χ0v) is 19.6. The number of rotatable bonds is 5. The van der Waals surface area contributed by atoms with Gasteiger partial charge in [0.2, 0.25) is 17.7 Å². The van der Waals surface area contributed by atoms with Gasteiger partial charge >= 0.3 is 0 Å². The second kappa shape index (κ2) is 9.37. The predicted octanol–water partition coefficient (Wildman–Crippen LogP) is 1.30. The van der Waals surface area contributed by atoms with Crippen molar-refractivity contribution in [3.05, 3.63) is 29.3 Å². The first-order valence-electron chi connectivity index (χ1n) is 12.3. The summed E-state index contributed by atoms with van der Waals surface area (Å²) in [6, 6.07) is 4.78. The maximum Gasteiger partial charge on any atom is 0.255 e. The van der Waals surface area contributed by atoms with Gasteiger partial charge in [-0.1, -0.05) is 0 Å². The van der Waals surface area contributed by atoms with Gasteiger partial charge in [0.25, 0.3) is 5.91 Å². The van der Waals surface area contributed by atoms with E-state index in [1.807, 2.05) is 18.0 Å². The molecule has 9 heteroatoms. The van der Waals surface area contributed by atoms with Crippen molar-refractivity contribution in [1.82, 2.24) is 20.0 Å². The van der Waals surface area contributed by atoms with Gasteiger partial charge in [-0.05, 0) is 75.9 Å². The number of likely N-dealkylation sites (tertiary alicyclic amines) is 2. The Morgan fingerprint density at radius 3 is 2.71 bits per heavy atom. The highest BCUT2D eigenvalue weighted by Gasteiger charge is 2.39. The number of nitrogens with zero attached hydrogens (tertiary/aromatic N) is 3. The van der Waals surface area contributed by atoms with Gasteiger partial charge in [0.15, 0.2) is 0 Å². The molecule has 4 amide bonds. The van der Waals surface area contributed by atoms with Crippen LogP contribution >= 0.6 is 0 Å². The molecule has 0 spiro atoms. The summed E-state index contributed by atoms with van der Waals surface area (Å²) in [7, 11) is 2.02. The van der Waals surface area contributed by atoms with Crippen LogP contribution in [0.25, 0.3) is 0 Å². The van der Waals surface area contributed by atoms with E-state index in [2.05, 4.69) is 10.2 Å². The lowest BCUT2D eigenvalue weighted by atomic mass is 10.0. The number of carbonyl (C=O) groups excluding carboxylic acids is 4. The van der Waals surface area contributed by atoms with Crippen LogP contribution in [-0.4, -0.2) is 83.2 Å². The van der Waals surface area contributed by atoms with E-state index < -0.39 is 11.9 Å². The van der Waals surface area contributed by atoms with Gasteiger partial charge in [-0.3, -0.25) is 29.4 Å². The molecule has 1 unspecified atom stereocenters. The Labute approximate surface area is 199 Å². The van der Waals surface area contributed by atoms with E-state index >= 15 is 0 Å². The van der Waals surface area contributed by atoms with Crippen LogP contribution in [0, 0.1) is 0 Å². The van der Waals surface area contributed by atoms with Crippen molar-refractivity contribution in [2.45, 2.75) is 69.6 Å². The summed E-state index contributed by atoms with van der Waals surface area (Å²) in [5, 5.41) is 2.33. The molecule has 1 aromatic rings. The van der Waals surface area contributed by atoms with Crippen molar-refractivity contribution in [1.29, 1.82) is 0 Å². The number of hydrogen-bond donors (Lipinski definition) is 1. The fraction of sp³-hybridized carbons (Fsp3) is 0.600. The zero-order valence-electron chi connectivity index (χ0n) is 19.6. The third-order valence-electron chi connectivity index (χ3n) is 7.65. The Balaban J connectivity index is 1.23. The van der Waals surface area contributed by atoms with Crippen molar-refractivity contribution in [2.75, 3.05) is 26.7 Å². The van der Waals surface area contributed by atoms with E-state index in [-0.39, 0.29) is 36.2 Å². The summed E-state index contributed by atoms with van der Waals surface area (Å²) in [4.78, 5) is 55.5. The van der Waals surface area contributed by atoms with Crippen molar-refractivity contribution in [2.24, 2.45) is 0 Å². The third kappa shape index (κ3) is 4.29. The normalized spacial score (nSPS) is 27.7. The van der Waals surface area contributed by atoms with Crippen LogP contribution in [0.3, 0.4) is 0 Å². The van der Waals surface area contributed by atoms with Gasteiger partial charge < -0.3 is 14.5 Å². The number of imide groups is 1. The number of ether oxygens (including phenoxy) is 1. The second-order valence-electron chi connectivity index (χ2n) is 9.85. The van der Waals surface area contributed by atoms with E-state index in [1.54, 1.807) is 12.1 Å². The van der Waals surface area contributed by atoms with Crippen molar-refractivity contribution < 1.29 is 23.9 Å². The second-order valence-corrected chi connectivity index (χ2v) is 9.85. The van der Waals surface area contributed by atoms with Gasteiger partial charge in [0.05, 0.1) is 12.1 Å². The first-order valence-corrected chi connectivity index (χ1v) is 12.3. The SMILES string of the molecule is CN1CCC[C@@H]1C(=O)N1CCCC[C@H]1COc1ccc2c(c1)CN(C1CCC(=O)NC1=O)C2=O. The molecule has 182 valence electrons. The molecule has 3 atom stereocenters. The standard InChI is InChI=1S/C25H32N4O5/c1-27-11-4-6-21(27)25(33)28-12-3-2-5-17(28)15-34-18-7-8-19-16(13-18)14-29(24(19)32)20-9-10-22(30)26-23(20)31/h7-8,13,17,20-21H,2-6,9-12,14-15H2,1H3,(H,26,30,31)/t17-,20?,21+/m0/s1. The first kappa shape index (κ1) is 22.8. The topological polar surface area (TPSA) is 99.3 Å². The molecule has 4 heterocycles. The first-order chi connectivity index (χ1) is 16.4. The van der Waals surface area contributed by atoms with Crippen LogP contribution in [-0.2, 0) is 20.9 Å². The number of hydrogen-bond acceptors (Lipinski definition) is 6. The van der Waals surface area contributed by atoms with Gasteiger partial charge in [-0.25, -0.2) is 0 Å². The molecule has 0 bridgehead atoms. The average molecular weight is 469 g/mol. The van der Waals surface area contributed by atoms with Crippen LogP contribution in [0.2, 0.25) is 0 Å². The molecule has 4 aliphatic rings. The smallest absolute Gasteiger partial charge is 0.255 e. The molecular weight excluding hydrogens is 436 g/mol. The Kier molecular flexibility index (Phi) is 6.29. The number of nitrogens with one attached hydrogen (secondary N) is 1. The summed E-state index contributed by atoms with van der Waals surface area (Å²) in [6.45, 7) is 2.48. The minimum Gasteiger partial charge on any atom is -0.491 e. The summed E-state index contributed by atoms with van der Waals surface area (Å²) < 4.78 is 6.13. The third-order valence-corrected chi connectivity index (χ3v) is 7.65. The largest absolute Gasteiger partial charge is 0.491 e. The highest BCUT2D eigenvalue weighted by Crippen LogP contribution is 2.31. The summed E-state index contributed by atoms with van der Waals surface area (Å²) in [6.07, 6.45) is 5.59. The molecule has 0 saturated carbocycles. The van der Waals surface area contributed by atoms with Crippen molar-refractivity contribution in [3.63, 3.8) is 0 Å². The van der Waals surface area contributed by atoms with Crippen LogP contribution in [0.1, 0.15) is 60.9 Å². The minimum absolute atomic E-state index is 0.0233. The molecule has 0 radical (unpaired) electrons. The number of carbonyl (C=O) groups is 4. The zero-order chi connectivity index (χ0) is 23.8. The highest BCUT2D eigenvalue weighted by molar-refractivity contribution is 6.05. The Bertz CT molecular complexity index is 1010. The summed E-state index contributed by atoms with van der Waals surface area (Å²) >= 11 is 0. The Morgan fingerprint density at radius 1 is 1.09 bits per heavy atom. The van der Waals surface area contributed by atoms with Gasteiger partial charge in [-0.15, -0.1) is 0 Å². The molecule has 0 aromatic heterocycles. The lowest BCUT2D eigenvalue weighted by Crippen LogP contribution is -2.52. The number of benzene rings is 1. The number of amides is 4. The van der Waals surface area contributed by atoms with E-state index in [9.17, 15) is 19.2 Å². The number of piperidine rings is 2. The maximum absolute atomic E-state index is 13.2. The summed E-state index contributed by atoms with van der Waals surface area (Å²) in [5.41, 5.74) is 1.38. The fourth-order valence-electron chi connectivity index (χ4n) is 5.71. The molecule has 0 aliphatic carbocycles. The molecule has 4 aliphatic heterocycles. The predicted molar refractivity (Wildman–Crippen MR) is 123 cm³/mol. The van der Waals surface area contributed by atoms with Crippen LogP contribution in [0.5, 0.6) is 5.75 Å². The maximum atomic E-state index is 13.2. The van der Waals surface area contributed by atoms with Gasteiger partial charge in [0.1, 0.15) is 18.4 Å². The van der Waals surface area contributed by atoms with Gasteiger partial charge in [0, 0.05) is 25.1 Å².